The van der Waals surface area contributed by atoms with Crippen LogP contribution in [0.4, 0.5) is 0 Å². The predicted octanol–water partition coefficient (Wildman–Crippen LogP) is 0.940. The Balaban J connectivity index is 2.29. The number of hydrogen-bond donors (Lipinski definition) is 2. The third-order valence-electron chi connectivity index (χ3n) is 3.82. The van der Waals surface area contributed by atoms with Crippen LogP contribution in [0, 0.1) is 17.3 Å². The summed E-state index contributed by atoms with van der Waals surface area (Å²) in [6.07, 6.45) is 0.0519. The molecule has 2 N–H and O–H groups in total. The van der Waals surface area contributed by atoms with E-state index in [2.05, 4.69) is 20.4 Å². The molecule has 3 aliphatic carbocycles. The van der Waals surface area contributed by atoms with E-state index in [1.165, 1.54) is 0 Å². The van der Waals surface area contributed by atoms with Crippen LogP contribution in [-0.2, 0) is 0 Å². The first-order valence-electron chi connectivity index (χ1n) is 4.51. The number of aliphatic hydroxyl groups excluding tert-OH is 2. The van der Waals surface area contributed by atoms with Gasteiger partial charge in [-0.2, -0.15) is 0 Å². The third-order valence-corrected chi connectivity index (χ3v) is 3.82. The minimum atomic E-state index is -0.378. The Labute approximate surface area is 72.9 Å². The molecule has 12 heavy (non-hydrogen) atoms. The lowest BCUT2D eigenvalue weighted by Crippen LogP contribution is -2.63. The first kappa shape index (κ1) is 8.27. The summed E-state index contributed by atoms with van der Waals surface area (Å²) in [5, 5.41) is 19.2. The van der Waals surface area contributed by atoms with Gasteiger partial charge >= 0.3 is 0 Å². The molecule has 0 radical (unpaired) electrons. The topological polar surface area (TPSA) is 40.5 Å². The van der Waals surface area contributed by atoms with Crippen molar-refractivity contribution in [1.29, 1.82) is 0 Å². The predicted molar refractivity (Wildman–Crippen MR) is 46.5 cm³/mol. The summed E-state index contributed by atoms with van der Waals surface area (Å²) in [4.78, 5) is 0. The molecule has 68 valence electrons. The molecule has 3 rings (SSSR count). The van der Waals surface area contributed by atoms with Crippen molar-refractivity contribution < 1.29 is 10.2 Å². The van der Waals surface area contributed by atoms with Gasteiger partial charge in [-0.1, -0.05) is 20.4 Å². The van der Waals surface area contributed by atoms with Crippen molar-refractivity contribution in [2.45, 2.75) is 32.5 Å². The van der Waals surface area contributed by atoms with E-state index < -0.39 is 0 Å². The van der Waals surface area contributed by atoms with Crippen LogP contribution in [-0.4, -0.2) is 22.4 Å². The number of hydrogen-bond acceptors (Lipinski definition) is 2. The maximum atomic E-state index is 9.68. The molecule has 0 heterocycles. The van der Waals surface area contributed by atoms with Gasteiger partial charge in [0, 0.05) is 5.92 Å². The van der Waals surface area contributed by atoms with E-state index in [0.717, 1.165) is 5.57 Å². The van der Waals surface area contributed by atoms with E-state index in [1.54, 1.807) is 0 Å². The van der Waals surface area contributed by atoms with E-state index in [0.29, 0.717) is 6.42 Å². The van der Waals surface area contributed by atoms with Crippen molar-refractivity contribution in [1.82, 2.24) is 0 Å². The van der Waals surface area contributed by atoms with Crippen LogP contribution in [0.5, 0.6) is 0 Å². The summed E-state index contributed by atoms with van der Waals surface area (Å²) in [7, 11) is 0. The second-order valence-electron chi connectivity index (χ2n) is 4.72. The molecule has 0 aromatic rings. The standard InChI is InChI=1S/C10H16O2/c1-5-7(11)4-6-9(12)8(5)10(6,2)3/h6-9,11-12H,1,4H2,2-3H3/t6-,7-,8+,9+/m0/s1. The molecule has 0 aliphatic heterocycles. The maximum Gasteiger partial charge on any atom is 0.0755 e. The van der Waals surface area contributed by atoms with E-state index >= 15 is 0 Å². The number of fused-ring (bicyclic) bond motifs is 2. The van der Waals surface area contributed by atoms with Gasteiger partial charge in [0.25, 0.3) is 0 Å². The Kier molecular flexibility index (Phi) is 1.46. The van der Waals surface area contributed by atoms with Gasteiger partial charge in [-0.3, -0.25) is 0 Å². The summed E-state index contributed by atoms with van der Waals surface area (Å²) in [6, 6.07) is 0. The van der Waals surface area contributed by atoms with Crippen LogP contribution < -0.4 is 0 Å². The van der Waals surface area contributed by atoms with Crippen LogP contribution in [0.1, 0.15) is 20.3 Å². The fourth-order valence-corrected chi connectivity index (χ4v) is 2.96. The molecule has 3 aliphatic rings. The van der Waals surface area contributed by atoms with Gasteiger partial charge in [0.1, 0.15) is 0 Å². The van der Waals surface area contributed by atoms with Crippen molar-refractivity contribution in [2.24, 2.45) is 17.3 Å². The lowest BCUT2D eigenvalue weighted by atomic mass is 9.45. The van der Waals surface area contributed by atoms with E-state index in [1.807, 2.05) is 0 Å². The Morgan fingerprint density at radius 1 is 1.42 bits per heavy atom. The zero-order valence-corrected chi connectivity index (χ0v) is 7.62. The molecule has 0 aromatic heterocycles. The molecule has 0 saturated heterocycles. The van der Waals surface area contributed by atoms with Crippen molar-refractivity contribution in [3.8, 4) is 0 Å². The van der Waals surface area contributed by atoms with Crippen molar-refractivity contribution in [3.63, 3.8) is 0 Å². The van der Waals surface area contributed by atoms with Gasteiger partial charge in [-0.25, -0.2) is 0 Å². The van der Waals surface area contributed by atoms with Gasteiger partial charge in [0.15, 0.2) is 0 Å². The first-order valence-corrected chi connectivity index (χ1v) is 4.51. The fourth-order valence-electron chi connectivity index (χ4n) is 2.96. The van der Waals surface area contributed by atoms with Crippen LogP contribution in [0.3, 0.4) is 0 Å². The molecule has 3 fully saturated rings. The smallest absolute Gasteiger partial charge is 0.0755 e. The minimum absolute atomic E-state index is 0.117. The Morgan fingerprint density at radius 3 is 2.33 bits per heavy atom. The van der Waals surface area contributed by atoms with Crippen LogP contribution >= 0.6 is 0 Å². The van der Waals surface area contributed by atoms with Crippen molar-refractivity contribution in [3.05, 3.63) is 12.2 Å². The Hall–Kier alpha value is -0.340. The first-order chi connectivity index (χ1) is 5.46. The van der Waals surface area contributed by atoms with E-state index in [-0.39, 0.29) is 29.5 Å². The Morgan fingerprint density at radius 2 is 2.00 bits per heavy atom. The largest absolute Gasteiger partial charge is 0.392 e. The summed E-state index contributed by atoms with van der Waals surface area (Å²) < 4.78 is 0. The average molecular weight is 168 g/mol. The summed E-state index contributed by atoms with van der Waals surface area (Å²) in [6.45, 7) is 8.14. The van der Waals surface area contributed by atoms with Gasteiger partial charge in [-0.15, -0.1) is 0 Å². The zero-order chi connectivity index (χ0) is 9.09. The molecule has 0 amide bonds. The Bertz CT molecular complexity index is 232. The molecule has 0 aromatic carbocycles. The van der Waals surface area contributed by atoms with Crippen LogP contribution in [0.15, 0.2) is 12.2 Å². The molecule has 4 atom stereocenters. The number of rotatable bonds is 0. The van der Waals surface area contributed by atoms with Crippen molar-refractivity contribution in [2.75, 3.05) is 0 Å². The molecule has 0 unspecified atom stereocenters. The zero-order valence-electron chi connectivity index (χ0n) is 7.62. The minimum Gasteiger partial charge on any atom is -0.392 e. The number of aliphatic hydroxyl groups is 2. The monoisotopic (exact) mass is 168 g/mol. The van der Waals surface area contributed by atoms with Gasteiger partial charge in [-0.05, 0) is 23.3 Å². The molecular formula is C10H16O2. The van der Waals surface area contributed by atoms with E-state index in [9.17, 15) is 10.2 Å². The molecule has 2 heteroatoms. The fraction of sp³-hybridized carbons (Fsp3) is 0.800. The SMILES string of the molecule is C=C1[C@@H]2[C@H](O)[C@H](C[C@@H]1O)C2(C)C. The molecular weight excluding hydrogens is 152 g/mol. The quantitative estimate of drug-likeness (QED) is 0.528. The van der Waals surface area contributed by atoms with Gasteiger partial charge in [0.05, 0.1) is 12.2 Å². The van der Waals surface area contributed by atoms with Crippen LogP contribution in [0.2, 0.25) is 0 Å². The molecule has 0 spiro atoms. The average Bonchev–Trinajstić information content (AvgIpc) is 1.96. The maximum absolute atomic E-state index is 9.68. The second kappa shape index (κ2) is 2.12. The van der Waals surface area contributed by atoms with Gasteiger partial charge in [0.2, 0.25) is 0 Å². The van der Waals surface area contributed by atoms with Crippen LogP contribution in [0.25, 0.3) is 0 Å². The summed E-state index contributed by atoms with van der Waals surface area (Å²) in [5.74, 6) is 0.384. The second-order valence-corrected chi connectivity index (χ2v) is 4.72. The molecule has 3 saturated carbocycles. The molecule has 2 bridgehead atoms. The molecule has 2 nitrogen and oxygen atoms in total. The summed E-state index contributed by atoms with van der Waals surface area (Å²) in [5.41, 5.74) is 0.977. The lowest BCUT2D eigenvalue weighted by molar-refractivity contribution is -0.179. The lowest BCUT2D eigenvalue weighted by Gasteiger charge is -2.62. The highest BCUT2D eigenvalue weighted by atomic mass is 16.3. The highest BCUT2D eigenvalue weighted by Crippen LogP contribution is 2.60. The van der Waals surface area contributed by atoms with Crippen molar-refractivity contribution >= 4 is 0 Å². The normalized spacial score (nSPS) is 50.2. The highest BCUT2D eigenvalue weighted by Gasteiger charge is 2.61. The third kappa shape index (κ3) is 0.723. The summed E-state index contributed by atoms with van der Waals surface area (Å²) >= 11 is 0. The van der Waals surface area contributed by atoms with Gasteiger partial charge < -0.3 is 10.2 Å². The van der Waals surface area contributed by atoms with E-state index in [4.69, 9.17) is 0 Å². The highest BCUT2D eigenvalue weighted by molar-refractivity contribution is 5.26.